The number of carbonyl (C=O) groups excluding carboxylic acids is 1. The number of carbonyl (C=O) groups is 1. The highest BCUT2D eigenvalue weighted by atomic mass is 16.3. The molecular weight excluding hydrogens is 250 g/mol. The van der Waals surface area contributed by atoms with Gasteiger partial charge in [0.15, 0.2) is 0 Å². The summed E-state index contributed by atoms with van der Waals surface area (Å²) in [5.41, 5.74) is 2.69. The van der Waals surface area contributed by atoms with Crippen molar-refractivity contribution < 1.29 is 9.90 Å². The Kier molecular flexibility index (Phi) is 5.18. The van der Waals surface area contributed by atoms with Gasteiger partial charge < -0.3 is 10.0 Å². The van der Waals surface area contributed by atoms with Crippen molar-refractivity contribution in [2.75, 3.05) is 13.1 Å². The lowest BCUT2D eigenvalue weighted by molar-refractivity contribution is -0.134. The Bertz CT molecular complexity index is 431. The molecule has 1 aromatic carbocycles. The van der Waals surface area contributed by atoms with Crippen molar-refractivity contribution in [3.8, 4) is 0 Å². The minimum atomic E-state index is -0.534. The Morgan fingerprint density at radius 1 is 1.30 bits per heavy atom. The van der Waals surface area contributed by atoms with Gasteiger partial charge >= 0.3 is 0 Å². The minimum Gasteiger partial charge on any atom is -0.393 e. The van der Waals surface area contributed by atoms with Crippen molar-refractivity contribution in [1.82, 2.24) is 4.90 Å². The molecule has 0 bridgehead atoms. The number of rotatable bonds is 4. The lowest BCUT2D eigenvalue weighted by atomic mass is 9.90. The number of likely N-dealkylation sites (tertiary alicyclic amines) is 1. The number of aliphatic hydroxyl groups excluding tert-OH is 1. The zero-order valence-corrected chi connectivity index (χ0v) is 12.5. The SMILES string of the molecule is Cc1ccc(CC2CCN(C(=O)CC(C)O)CC2)cc1. The van der Waals surface area contributed by atoms with E-state index in [0.717, 1.165) is 32.4 Å². The zero-order valence-electron chi connectivity index (χ0n) is 12.5. The first-order valence-corrected chi connectivity index (χ1v) is 7.56. The molecule has 1 saturated heterocycles. The Hall–Kier alpha value is -1.35. The fraction of sp³-hybridized carbons (Fsp3) is 0.588. The second-order valence-corrected chi connectivity index (χ2v) is 6.07. The van der Waals surface area contributed by atoms with Gasteiger partial charge in [0.25, 0.3) is 0 Å². The molecule has 3 heteroatoms. The van der Waals surface area contributed by atoms with Gasteiger partial charge in [0.2, 0.25) is 5.91 Å². The molecule has 1 aliphatic heterocycles. The summed E-state index contributed by atoms with van der Waals surface area (Å²) < 4.78 is 0. The van der Waals surface area contributed by atoms with E-state index in [2.05, 4.69) is 31.2 Å². The minimum absolute atomic E-state index is 0.0915. The van der Waals surface area contributed by atoms with Crippen LogP contribution in [0.2, 0.25) is 0 Å². The van der Waals surface area contributed by atoms with Crippen molar-refractivity contribution in [3.63, 3.8) is 0 Å². The highest BCUT2D eigenvalue weighted by Gasteiger charge is 2.23. The molecule has 1 fully saturated rings. The summed E-state index contributed by atoms with van der Waals surface area (Å²) in [5, 5.41) is 9.28. The molecule has 0 aliphatic carbocycles. The molecule has 110 valence electrons. The largest absolute Gasteiger partial charge is 0.393 e. The number of hydrogen-bond donors (Lipinski definition) is 1. The summed E-state index contributed by atoms with van der Waals surface area (Å²) in [5.74, 6) is 0.766. The van der Waals surface area contributed by atoms with Crippen molar-refractivity contribution in [3.05, 3.63) is 35.4 Å². The van der Waals surface area contributed by atoms with Crippen molar-refractivity contribution >= 4 is 5.91 Å². The number of amides is 1. The molecule has 1 unspecified atom stereocenters. The van der Waals surface area contributed by atoms with Crippen LogP contribution in [0.5, 0.6) is 0 Å². The van der Waals surface area contributed by atoms with E-state index in [1.807, 2.05) is 4.90 Å². The van der Waals surface area contributed by atoms with E-state index in [0.29, 0.717) is 5.92 Å². The molecule has 1 aromatic rings. The first-order chi connectivity index (χ1) is 9.54. The third-order valence-corrected chi connectivity index (χ3v) is 4.08. The van der Waals surface area contributed by atoms with Crippen LogP contribution in [-0.4, -0.2) is 35.1 Å². The van der Waals surface area contributed by atoms with Crippen LogP contribution >= 0.6 is 0 Å². The average Bonchev–Trinajstić information content (AvgIpc) is 2.41. The van der Waals surface area contributed by atoms with Crippen molar-refractivity contribution in [2.24, 2.45) is 5.92 Å². The van der Waals surface area contributed by atoms with E-state index in [1.165, 1.54) is 11.1 Å². The lowest BCUT2D eigenvalue weighted by Gasteiger charge is -2.32. The monoisotopic (exact) mass is 275 g/mol. The van der Waals surface area contributed by atoms with Gasteiger partial charge in [0, 0.05) is 13.1 Å². The van der Waals surface area contributed by atoms with Gasteiger partial charge in [-0.15, -0.1) is 0 Å². The molecule has 1 heterocycles. The normalized spacial score (nSPS) is 18.1. The third-order valence-electron chi connectivity index (χ3n) is 4.08. The summed E-state index contributed by atoms with van der Waals surface area (Å²) in [7, 11) is 0. The van der Waals surface area contributed by atoms with Crippen LogP contribution < -0.4 is 0 Å². The van der Waals surface area contributed by atoms with Crippen molar-refractivity contribution in [1.29, 1.82) is 0 Å². The standard InChI is InChI=1S/C17H25NO2/c1-13-3-5-15(6-4-13)12-16-7-9-18(10-8-16)17(20)11-14(2)19/h3-6,14,16,19H,7-12H2,1-2H3. The molecule has 20 heavy (non-hydrogen) atoms. The van der Waals surface area contributed by atoms with Crippen LogP contribution in [0.1, 0.15) is 37.3 Å². The van der Waals surface area contributed by atoms with E-state index in [-0.39, 0.29) is 12.3 Å². The molecule has 1 N–H and O–H groups in total. The smallest absolute Gasteiger partial charge is 0.225 e. The maximum absolute atomic E-state index is 11.9. The van der Waals surface area contributed by atoms with Gasteiger partial charge in [-0.1, -0.05) is 29.8 Å². The number of nitrogens with zero attached hydrogens (tertiary/aromatic N) is 1. The molecule has 1 atom stereocenters. The molecule has 0 saturated carbocycles. The first-order valence-electron chi connectivity index (χ1n) is 7.56. The molecule has 0 spiro atoms. The van der Waals surface area contributed by atoms with Crippen LogP contribution in [0.15, 0.2) is 24.3 Å². The summed E-state index contributed by atoms with van der Waals surface area (Å²) in [4.78, 5) is 13.8. The topological polar surface area (TPSA) is 40.5 Å². The number of benzene rings is 1. The number of aryl methyl sites for hydroxylation is 1. The third kappa shape index (κ3) is 4.34. The van der Waals surface area contributed by atoms with Gasteiger partial charge in [-0.05, 0) is 44.6 Å². The fourth-order valence-corrected chi connectivity index (χ4v) is 2.83. The van der Waals surface area contributed by atoms with Crippen LogP contribution in [0.25, 0.3) is 0 Å². The zero-order chi connectivity index (χ0) is 14.5. The predicted octanol–water partition coefficient (Wildman–Crippen LogP) is 2.55. The maximum Gasteiger partial charge on any atom is 0.225 e. The Labute approximate surface area is 121 Å². The van der Waals surface area contributed by atoms with E-state index in [1.54, 1.807) is 6.92 Å². The van der Waals surface area contributed by atoms with Gasteiger partial charge in [0.1, 0.15) is 0 Å². The van der Waals surface area contributed by atoms with Crippen LogP contribution in [0.3, 0.4) is 0 Å². The maximum atomic E-state index is 11.9. The average molecular weight is 275 g/mol. The summed E-state index contributed by atoms with van der Waals surface area (Å²) in [6, 6.07) is 8.74. The molecule has 0 radical (unpaired) electrons. The summed E-state index contributed by atoms with van der Waals surface area (Å²) >= 11 is 0. The highest BCUT2D eigenvalue weighted by Crippen LogP contribution is 2.22. The molecule has 2 rings (SSSR count). The Balaban J connectivity index is 1.79. The highest BCUT2D eigenvalue weighted by molar-refractivity contribution is 5.76. The van der Waals surface area contributed by atoms with Gasteiger partial charge in [-0.2, -0.15) is 0 Å². The Morgan fingerprint density at radius 2 is 1.90 bits per heavy atom. The van der Waals surface area contributed by atoms with Crippen LogP contribution in [0, 0.1) is 12.8 Å². The van der Waals surface area contributed by atoms with E-state index in [4.69, 9.17) is 0 Å². The quantitative estimate of drug-likeness (QED) is 0.917. The number of aliphatic hydroxyl groups is 1. The molecular formula is C17H25NO2. The Morgan fingerprint density at radius 3 is 2.45 bits per heavy atom. The van der Waals surface area contributed by atoms with Gasteiger partial charge in [0.05, 0.1) is 12.5 Å². The lowest BCUT2D eigenvalue weighted by Crippen LogP contribution is -2.39. The van der Waals surface area contributed by atoms with Crippen molar-refractivity contribution in [2.45, 2.75) is 45.6 Å². The fourth-order valence-electron chi connectivity index (χ4n) is 2.83. The van der Waals surface area contributed by atoms with E-state index >= 15 is 0 Å². The summed E-state index contributed by atoms with van der Waals surface area (Å²) in [6.45, 7) is 5.45. The number of piperidine rings is 1. The van der Waals surface area contributed by atoms with Crippen LogP contribution in [0.4, 0.5) is 0 Å². The molecule has 1 aliphatic rings. The molecule has 3 nitrogen and oxygen atoms in total. The van der Waals surface area contributed by atoms with Gasteiger partial charge in [-0.25, -0.2) is 0 Å². The molecule has 0 aromatic heterocycles. The first kappa shape index (κ1) is 15.0. The number of hydrogen-bond acceptors (Lipinski definition) is 2. The molecule has 1 amide bonds. The van der Waals surface area contributed by atoms with Crippen LogP contribution in [-0.2, 0) is 11.2 Å². The second kappa shape index (κ2) is 6.89. The van der Waals surface area contributed by atoms with E-state index < -0.39 is 6.10 Å². The second-order valence-electron chi connectivity index (χ2n) is 6.07. The van der Waals surface area contributed by atoms with E-state index in [9.17, 15) is 9.90 Å². The summed E-state index contributed by atoms with van der Waals surface area (Å²) in [6.07, 6.45) is 2.97. The van der Waals surface area contributed by atoms with Gasteiger partial charge in [-0.3, -0.25) is 4.79 Å². The predicted molar refractivity (Wildman–Crippen MR) is 80.5 cm³/mol.